The summed E-state index contributed by atoms with van der Waals surface area (Å²) in [5.74, 6) is -0.948. The Morgan fingerprint density at radius 2 is 1.50 bits per heavy atom. The van der Waals surface area contributed by atoms with E-state index < -0.39 is 32.9 Å². The minimum Gasteiger partial charge on any atom is -0.326 e. The van der Waals surface area contributed by atoms with Gasteiger partial charge in [-0.05, 0) is 60.7 Å². The smallest absolute Gasteiger partial charge is 0.273 e. The molecule has 4 rings (SSSR count). The first-order valence-corrected chi connectivity index (χ1v) is 11.6. The number of nitrogens with zero attached hydrogens (tertiary/aromatic N) is 1. The maximum Gasteiger partial charge on any atom is 0.273 e. The Bertz CT molecular complexity index is 1580. The summed E-state index contributed by atoms with van der Waals surface area (Å²) in [7, 11) is -3.89. The van der Waals surface area contributed by atoms with Gasteiger partial charge in [-0.15, -0.1) is 0 Å². The summed E-state index contributed by atoms with van der Waals surface area (Å²) in [4.78, 5) is 36.9. The highest BCUT2D eigenvalue weighted by Crippen LogP contribution is 2.19. The summed E-state index contributed by atoms with van der Waals surface area (Å²) >= 11 is 0. The zero-order valence-corrected chi connectivity index (χ0v) is 18.4. The van der Waals surface area contributed by atoms with E-state index in [9.17, 15) is 27.2 Å². The predicted octanol–water partition coefficient (Wildman–Crippen LogP) is 2.66. The van der Waals surface area contributed by atoms with Crippen LogP contribution in [0.2, 0.25) is 0 Å². The van der Waals surface area contributed by atoms with Gasteiger partial charge in [0.25, 0.3) is 21.1 Å². The fourth-order valence-electron chi connectivity index (χ4n) is 3.29. The second kappa shape index (κ2) is 9.32. The maximum absolute atomic E-state index is 13.0. The number of anilines is 2. The average molecular weight is 482 g/mol. The Morgan fingerprint density at radius 1 is 0.882 bits per heavy atom. The van der Waals surface area contributed by atoms with Crippen LogP contribution >= 0.6 is 0 Å². The molecular formula is C23H19FN4O5S. The summed E-state index contributed by atoms with van der Waals surface area (Å²) in [6, 6.07) is 16.8. The molecule has 0 saturated heterocycles. The Morgan fingerprint density at radius 3 is 2.18 bits per heavy atom. The Balaban J connectivity index is 1.38. The molecular weight excluding hydrogens is 463 g/mol. The van der Waals surface area contributed by atoms with Crippen LogP contribution in [0.5, 0.6) is 0 Å². The maximum atomic E-state index is 13.0. The Kier molecular flexibility index (Phi) is 6.28. The van der Waals surface area contributed by atoms with Gasteiger partial charge in [-0.25, -0.2) is 17.5 Å². The number of carbonyl (C=O) groups excluding carboxylic acids is 1. The second-order valence-corrected chi connectivity index (χ2v) is 9.06. The molecule has 0 unspecified atom stereocenters. The minimum atomic E-state index is -3.89. The van der Waals surface area contributed by atoms with E-state index in [4.69, 9.17) is 0 Å². The quantitative estimate of drug-likeness (QED) is 0.373. The second-order valence-electron chi connectivity index (χ2n) is 7.38. The number of H-pyrrole nitrogens is 1. The number of benzene rings is 3. The van der Waals surface area contributed by atoms with Crippen LogP contribution in [-0.2, 0) is 21.4 Å². The highest BCUT2D eigenvalue weighted by atomic mass is 32.2. The van der Waals surface area contributed by atoms with Crippen molar-refractivity contribution in [2.45, 2.75) is 17.9 Å². The molecule has 0 atom stereocenters. The van der Waals surface area contributed by atoms with Crippen LogP contribution in [-0.4, -0.2) is 24.1 Å². The first kappa shape index (κ1) is 22.9. The highest BCUT2D eigenvalue weighted by Gasteiger charge is 2.14. The van der Waals surface area contributed by atoms with Crippen molar-refractivity contribution in [2.75, 3.05) is 10.0 Å². The van der Waals surface area contributed by atoms with Crippen LogP contribution in [0.25, 0.3) is 10.8 Å². The molecule has 174 valence electrons. The van der Waals surface area contributed by atoms with Crippen molar-refractivity contribution < 1.29 is 17.6 Å². The van der Waals surface area contributed by atoms with Crippen molar-refractivity contribution in [3.63, 3.8) is 0 Å². The van der Waals surface area contributed by atoms with E-state index >= 15 is 0 Å². The fraction of sp³-hybridized carbons (Fsp3) is 0.0870. The van der Waals surface area contributed by atoms with Gasteiger partial charge in [-0.1, -0.05) is 12.1 Å². The van der Waals surface area contributed by atoms with Crippen LogP contribution in [0.1, 0.15) is 6.42 Å². The molecule has 0 aliphatic rings. The van der Waals surface area contributed by atoms with Crippen molar-refractivity contribution >= 4 is 38.1 Å². The van der Waals surface area contributed by atoms with Gasteiger partial charge in [0.2, 0.25) is 5.91 Å². The predicted molar refractivity (Wildman–Crippen MR) is 126 cm³/mol. The third kappa shape index (κ3) is 5.04. The summed E-state index contributed by atoms with van der Waals surface area (Å²) in [5, 5.41) is 5.66. The molecule has 3 N–H and O–H groups in total. The number of aromatic nitrogens is 2. The number of hydrogen-bond acceptors (Lipinski definition) is 5. The molecule has 1 amide bonds. The fourth-order valence-corrected chi connectivity index (χ4v) is 4.35. The first-order valence-electron chi connectivity index (χ1n) is 10.1. The van der Waals surface area contributed by atoms with E-state index in [-0.39, 0.29) is 34.3 Å². The Labute approximate surface area is 192 Å². The van der Waals surface area contributed by atoms with Gasteiger partial charge in [0.05, 0.1) is 22.2 Å². The first-order chi connectivity index (χ1) is 16.2. The molecule has 3 aromatic carbocycles. The van der Waals surface area contributed by atoms with E-state index in [1.807, 2.05) is 0 Å². The zero-order valence-electron chi connectivity index (χ0n) is 17.6. The molecule has 1 heterocycles. The summed E-state index contributed by atoms with van der Waals surface area (Å²) in [5.41, 5.74) is -0.160. The molecule has 9 nitrogen and oxygen atoms in total. The average Bonchev–Trinajstić information content (AvgIpc) is 2.82. The van der Waals surface area contributed by atoms with Crippen LogP contribution in [0.4, 0.5) is 15.8 Å². The van der Waals surface area contributed by atoms with Crippen LogP contribution in [0.15, 0.2) is 87.3 Å². The SMILES string of the molecule is O=C(CCn1[nH]c(=O)c2ccccc2c1=O)Nc1ccc(NS(=O)(=O)c2ccc(F)cc2)cc1. The Hall–Kier alpha value is -4.25. The molecule has 4 aromatic rings. The number of aromatic amines is 1. The van der Waals surface area contributed by atoms with Crippen molar-refractivity contribution in [1.82, 2.24) is 9.78 Å². The lowest BCUT2D eigenvalue weighted by molar-refractivity contribution is -0.116. The molecule has 0 bridgehead atoms. The monoisotopic (exact) mass is 482 g/mol. The highest BCUT2D eigenvalue weighted by molar-refractivity contribution is 7.92. The lowest BCUT2D eigenvalue weighted by atomic mass is 10.2. The van der Waals surface area contributed by atoms with E-state index in [1.54, 1.807) is 24.3 Å². The van der Waals surface area contributed by atoms with Gasteiger partial charge >= 0.3 is 0 Å². The normalized spacial score (nSPS) is 11.3. The van der Waals surface area contributed by atoms with E-state index in [0.29, 0.717) is 5.69 Å². The van der Waals surface area contributed by atoms with Crippen molar-refractivity contribution in [3.05, 3.63) is 99.3 Å². The molecule has 0 fully saturated rings. The lowest BCUT2D eigenvalue weighted by Crippen LogP contribution is -2.31. The summed E-state index contributed by atoms with van der Waals surface area (Å²) in [6.07, 6.45) is -0.0763. The number of nitrogens with one attached hydrogen (secondary N) is 3. The third-order valence-corrected chi connectivity index (χ3v) is 6.39. The molecule has 11 heteroatoms. The summed E-state index contributed by atoms with van der Waals surface area (Å²) < 4.78 is 41.2. The van der Waals surface area contributed by atoms with Crippen molar-refractivity contribution in [2.24, 2.45) is 0 Å². The molecule has 0 spiro atoms. The number of halogens is 1. The van der Waals surface area contributed by atoms with Crippen LogP contribution < -0.4 is 21.2 Å². The van der Waals surface area contributed by atoms with Gasteiger partial charge in [0.15, 0.2) is 0 Å². The zero-order chi connectivity index (χ0) is 24.3. The van der Waals surface area contributed by atoms with Gasteiger partial charge < -0.3 is 5.32 Å². The number of hydrogen-bond donors (Lipinski definition) is 3. The molecule has 0 aliphatic heterocycles. The van der Waals surface area contributed by atoms with Crippen molar-refractivity contribution in [3.8, 4) is 0 Å². The standard InChI is InChI=1S/C23H19FN4O5S/c24-15-5-11-18(12-6-15)34(32,33)27-17-9-7-16(8-10-17)25-21(29)13-14-28-23(31)20-4-2-1-3-19(20)22(30)26-28/h1-12,27H,13-14H2,(H,25,29)(H,26,30). The number of aryl methyl sites for hydroxylation is 1. The number of sulfonamides is 1. The number of fused-ring (bicyclic) bond motifs is 1. The van der Waals surface area contributed by atoms with Crippen molar-refractivity contribution in [1.29, 1.82) is 0 Å². The van der Waals surface area contributed by atoms with Crippen LogP contribution in [0, 0.1) is 5.82 Å². The van der Waals surface area contributed by atoms with Gasteiger partial charge in [-0.2, -0.15) is 0 Å². The topological polar surface area (TPSA) is 130 Å². The molecule has 0 radical (unpaired) electrons. The van der Waals surface area contributed by atoms with Crippen LogP contribution in [0.3, 0.4) is 0 Å². The van der Waals surface area contributed by atoms with Gasteiger partial charge in [0, 0.05) is 17.8 Å². The number of carbonyl (C=O) groups is 1. The van der Waals surface area contributed by atoms with E-state index in [0.717, 1.165) is 28.9 Å². The summed E-state index contributed by atoms with van der Waals surface area (Å²) in [6.45, 7) is -0.0275. The molecule has 0 aliphatic carbocycles. The van der Waals surface area contributed by atoms with Gasteiger partial charge in [-0.3, -0.25) is 24.2 Å². The van der Waals surface area contributed by atoms with E-state index in [2.05, 4.69) is 15.1 Å². The molecule has 0 saturated carbocycles. The van der Waals surface area contributed by atoms with E-state index in [1.165, 1.54) is 24.3 Å². The van der Waals surface area contributed by atoms with Gasteiger partial charge in [0.1, 0.15) is 5.82 Å². The number of amides is 1. The number of rotatable bonds is 7. The minimum absolute atomic E-state index is 0.0275. The molecule has 34 heavy (non-hydrogen) atoms. The largest absolute Gasteiger partial charge is 0.326 e. The molecule has 1 aromatic heterocycles. The lowest BCUT2D eigenvalue weighted by Gasteiger charge is -2.10. The third-order valence-electron chi connectivity index (χ3n) is 4.99.